The predicted octanol–water partition coefficient (Wildman–Crippen LogP) is 5.63. The zero-order valence-electron chi connectivity index (χ0n) is 20.7. The number of benzene rings is 2. The topological polar surface area (TPSA) is 71.0 Å². The van der Waals surface area contributed by atoms with E-state index in [9.17, 15) is 9.59 Å². The number of aryl methyl sites for hydroxylation is 2. The Morgan fingerprint density at radius 3 is 2.37 bits per heavy atom. The first-order valence-electron chi connectivity index (χ1n) is 12.2. The van der Waals surface area contributed by atoms with E-state index in [2.05, 4.69) is 16.4 Å². The van der Waals surface area contributed by atoms with E-state index in [1.54, 1.807) is 18.1 Å². The number of aliphatic imine (C=N–C) groups is 1. The van der Waals surface area contributed by atoms with Gasteiger partial charge in [0.25, 0.3) is 5.91 Å². The molecule has 1 fully saturated rings. The van der Waals surface area contributed by atoms with Crippen molar-refractivity contribution in [1.82, 2.24) is 5.32 Å². The van der Waals surface area contributed by atoms with Gasteiger partial charge in [-0.15, -0.1) is 0 Å². The van der Waals surface area contributed by atoms with Crippen LogP contribution in [0.1, 0.15) is 55.2 Å². The second-order valence-electron chi connectivity index (χ2n) is 9.23. The molecule has 7 heteroatoms. The smallest absolute Gasteiger partial charge is 0.283 e. The molecule has 0 atom stereocenters. The van der Waals surface area contributed by atoms with Crippen LogP contribution >= 0.6 is 11.8 Å². The maximum Gasteiger partial charge on any atom is 0.283 e. The largest absolute Gasteiger partial charge is 0.497 e. The Labute approximate surface area is 211 Å². The molecule has 1 saturated carbocycles. The van der Waals surface area contributed by atoms with Gasteiger partial charge >= 0.3 is 0 Å². The molecule has 0 unspecified atom stereocenters. The summed E-state index contributed by atoms with van der Waals surface area (Å²) in [6.45, 7) is 4.02. The highest BCUT2D eigenvalue weighted by molar-refractivity contribution is 8.14. The van der Waals surface area contributed by atoms with Crippen molar-refractivity contribution in [2.45, 2.75) is 58.4 Å². The summed E-state index contributed by atoms with van der Waals surface area (Å²) in [7, 11) is 1.62. The number of amidine groups is 1. The van der Waals surface area contributed by atoms with E-state index in [-0.39, 0.29) is 23.6 Å². The summed E-state index contributed by atoms with van der Waals surface area (Å²) in [5, 5.41) is 3.71. The monoisotopic (exact) mass is 491 g/mol. The number of nitrogens with zero attached hydrogens (tertiary/aromatic N) is 2. The number of rotatable bonds is 6. The van der Waals surface area contributed by atoms with Crippen LogP contribution in [0.15, 0.2) is 53.2 Å². The Balaban J connectivity index is 1.55. The highest BCUT2D eigenvalue weighted by Crippen LogP contribution is 2.31. The molecule has 1 aliphatic carbocycles. The number of anilines is 1. The van der Waals surface area contributed by atoms with Gasteiger partial charge in [0, 0.05) is 6.04 Å². The van der Waals surface area contributed by atoms with Crippen LogP contribution in [0.4, 0.5) is 5.69 Å². The molecule has 1 heterocycles. The lowest BCUT2D eigenvalue weighted by Crippen LogP contribution is -2.37. The molecule has 35 heavy (non-hydrogen) atoms. The van der Waals surface area contributed by atoms with Crippen molar-refractivity contribution in [2.75, 3.05) is 17.8 Å². The number of hydrogen-bond donors (Lipinski definition) is 1. The number of thioether (sulfide) groups is 1. The van der Waals surface area contributed by atoms with Crippen LogP contribution < -0.4 is 15.0 Å². The van der Waals surface area contributed by atoms with Gasteiger partial charge in [-0.25, -0.2) is 4.99 Å². The molecule has 2 aromatic rings. The van der Waals surface area contributed by atoms with Crippen LogP contribution in [-0.4, -0.2) is 35.9 Å². The molecule has 6 nitrogen and oxygen atoms in total. The second-order valence-corrected chi connectivity index (χ2v) is 10.2. The third kappa shape index (κ3) is 6.54. The van der Waals surface area contributed by atoms with Gasteiger partial charge in [-0.1, -0.05) is 55.6 Å². The van der Waals surface area contributed by atoms with E-state index in [1.165, 1.54) is 37.4 Å². The van der Waals surface area contributed by atoms with E-state index >= 15 is 0 Å². The van der Waals surface area contributed by atoms with Crippen molar-refractivity contribution in [1.29, 1.82) is 0 Å². The molecule has 1 aliphatic heterocycles. The second kappa shape index (κ2) is 11.6. The Kier molecular flexibility index (Phi) is 8.29. The summed E-state index contributed by atoms with van der Waals surface area (Å²) in [5.41, 5.74) is 4.10. The van der Waals surface area contributed by atoms with Gasteiger partial charge < -0.3 is 10.1 Å². The molecule has 0 radical (unpaired) electrons. The van der Waals surface area contributed by atoms with E-state index < -0.39 is 0 Å². The van der Waals surface area contributed by atoms with Crippen LogP contribution in [-0.2, 0) is 9.59 Å². The minimum atomic E-state index is -0.197. The number of carbonyl (C=O) groups excluding carboxylic acids is 2. The minimum absolute atomic E-state index is 0.00925. The molecule has 2 aliphatic rings. The number of ether oxygens (including phenoxy) is 1. The van der Waals surface area contributed by atoms with E-state index in [4.69, 9.17) is 4.74 Å². The highest BCUT2D eigenvalue weighted by atomic mass is 32.2. The lowest BCUT2D eigenvalue weighted by atomic mass is 10.1. The Morgan fingerprint density at radius 1 is 1.09 bits per heavy atom. The summed E-state index contributed by atoms with van der Waals surface area (Å²) < 4.78 is 5.23. The average Bonchev–Trinajstić information content (AvgIpc) is 2.97. The molecule has 0 bridgehead atoms. The first-order valence-corrected chi connectivity index (χ1v) is 13.2. The Morgan fingerprint density at radius 2 is 1.74 bits per heavy atom. The normalized spacial score (nSPS) is 17.9. The third-order valence-electron chi connectivity index (χ3n) is 6.27. The zero-order chi connectivity index (χ0) is 24.8. The first-order chi connectivity index (χ1) is 16.9. The molecule has 1 N–H and O–H groups in total. The van der Waals surface area contributed by atoms with Gasteiger partial charge in [-0.05, 0) is 73.7 Å². The number of nitrogens with one attached hydrogen (secondary N) is 1. The van der Waals surface area contributed by atoms with E-state index in [0.29, 0.717) is 10.9 Å². The number of amides is 2. The van der Waals surface area contributed by atoms with Crippen LogP contribution in [0.2, 0.25) is 0 Å². The molecule has 0 saturated heterocycles. The van der Waals surface area contributed by atoms with E-state index in [1.807, 2.05) is 50.2 Å². The fraction of sp³-hybridized carbons (Fsp3) is 0.393. The summed E-state index contributed by atoms with van der Waals surface area (Å²) in [5.74, 6) is 0.767. The molecular weight excluding hydrogens is 458 g/mol. The van der Waals surface area contributed by atoms with Crippen molar-refractivity contribution < 1.29 is 14.3 Å². The maximum atomic E-state index is 13.5. The predicted molar refractivity (Wildman–Crippen MR) is 144 cm³/mol. The number of carbonyl (C=O) groups is 2. The number of methoxy groups -OCH3 is 1. The molecule has 0 aromatic heterocycles. The van der Waals surface area contributed by atoms with Crippen LogP contribution in [0.3, 0.4) is 0 Å². The summed E-state index contributed by atoms with van der Waals surface area (Å²) in [4.78, 5) is 32.5. The van der Waals surface area contributed by atoms with Crippen molar-refractivity contribution in [2.24, 2.45) is 4.99 Å². The first kappa shape index (κ1) is 25.0. The molecule has 184 valence electrons. The van der Waals surface area contributed by atoms with Crippen LogP contribution in [0, 0.1) is 13.8 Å². The summed E-state index contributed by atoms with van der Waals surface area (Å²) in [6.07, 6.45) is 8.68. The Bertz CT molecular complexity index is 1110. The zero-order valence-corrected chi connectivity index (χ0v) is 21.5. The third-order valence-corrected chi connectivity index (χ3v) is 7.20. The number of hydrogen-bond acceptors (Lipinski definition) is 5. The lowest BCUT2D eigenvalue weighted by Gasteiger charge is -2.20. The van der Waals surface area contributed by atoms with Crippen LogP contribution in [0.25, 0.3) is 6.08 Å². The minimum Gasteiger partial charge on any atom is -0.497 e. The lowest BCUT2D eigenvalue weighted by molar-refractivity contribution is -0.119. The summed E-state index contributed by atoms with van der Waals surface area (Å²) >= 11 is 1.31. The van der Waals surface area contributed by atoms with E-state index in [0.717, 1.165) is 41.0 Å². The van der Waals surface area contributed by atoms with Gasteiger partial charge in [0.1, 0.15) is 11.4 Å². The van der Waals surface area contributed by atoms with Gasteiger partial charge in [0.2, 0.25) is 5.91 Å². The molecule has 4 rings (SSSR count). The SMILES string of the molecule is COc1ccc(C=C2N=C(SCC(=O)NC3CCCCCC3)N(c3cc(C)cc(C)c3)C2=O)cc1. The molecular formula is C28H33N3O3S. The standard InChI is InChI=1S/C28H33N3O3S/c1-19-14-20(2)16-23(15-19)31-27(33)25(17-21-10-12-24(34-3)13-11-21)30-28(31)35-18-26(32)29-22-8-6-4-5-7-9-22/h10-17,22H,4-9,18H2,1-3H3,(H,29,32). The molecule has 2 amide bonds. The quantitative estimate of drug-likeness (QED) is 0.420. The summed E-state index contributed by atoms with van der Waals surface area (Å²) in [6, 6.07) is 13.8. The van der Waals surface area contributed by atoms with Gasteiger partial charge in [0.05, 0.1) is 18.6 Å². The maximum absolute atomic E-state index is 13.5. The fourth-order valence-corrected chi connectivity index (χ4v) is 5.41. The molecule has 0 spiro atoms. The van der Waals surface area contributed by atoms with Gasteiger partial charge in [0.15, 0.2) is 5.17 Å². The van der Waals surface area contributed by atoms with Gasteiger partial charge in [-0.2, -0.15) is 0 Å². The van der Waals surface area contributed by atoms with Crippen molar-refractivity contribution in [3.63, 3.8) is 0 Å². The average molecular weight is 492 g/mol. The van der Waals surface area contributed by atoms with Crippen molar-refractivity contribution >= 4 is 40.5 Å². The van der Waals surface area contributed by atoms with Gasteiger partial charge in [-0.3, -0.25) is 14.5 Å². The van der Waals surface area contributed by atoms with Crippen LogP contribution in [0.5, 0.6) is 5.75 Å². The Hall–Kier alpha value is -3.06. The fourth-order valence-electron chi connectivity index (χ4n) is 4.58. The van der Waals surface area contributed by atoms with Crippen molar-refractivity contribution in [3.05, 3.63) is 64.9 Å². The highest BCUT2D eigenvalue weighted by Gasteiger charge is 2.32. The van der Waals surface area contributed by atoms with Crippen molar-refractivity contribution in [3.8, 4) is 5.75 Å². The molecule has 2 aromatic carbocycles.